The zero-order valence-electron chi connectivity index (χ0n) is 16.0. The van der Waals surface area contributed by atoms with Crippen molar-refractivity contribution in [3.8, 4) is 0 Å². The number of rotatable bonds is 7. The van der Waals surface area contributed by atoms with Crippen molar-refractivity contribution in [2.24, 2.45) is 5.92 Å². The van der Waals surface area contributed by atoms with E-state index < -0.39 is 23.8 Å². The zero-order valence-corrected chi connectivity index (χ0v) is 16.0. The number of hydrogen-bond acceptors (Lipinski definition) is 5. The third-order valence-electron chi connectivity index (χ3n) is 4.95. The maximum absolute atomic E-state index is 14.5. The summed E-state index contributed by atoms with van der Waals surface area (Å²) in [4.78, 5) is 0. The van der Waals surface area contributed by atoms with Crippen LogP contribution in [0, 0.1) is 18.7 Å². The fraction of sp³-hybridized carbons (Fsp3) is 0.500. The molecule has 2 aromatic rings. The van der Waals surface area contributed by atoms with E-state index >= 15 is 0 Å². The Hall–Kier alpha value is -2.35. The summed E-state index contributed by atoms with van der Waals surface area (Å²) in [6, 6.07) is 5.35. The summed E-state index contributed by atoms with van der Waals surface area (Å²) >= 11 is 0. The summed E-state index contributed by atoms with van der Waals surface area (Å²) in [5.41, 5.74) is 0.956. The van der Waals surface area contributed by atoms with Gasteiger partial charge in [-0.3, -0.25) is 0 Å². The monoisotopic (exact) mass is 394 g/mol. The summed E-state index contributed by atoms with van der Waals surface area (Å²) in [6.07, 6.45) is -0.887. The lowest BCUT2D eigenvalue weighted by molar-refractivity contribution is 0.0699. The van der Waals surface area contributed by atoms with Crippen LogP contribution in [0.2, 0.25) is 0 Å². The number of nitrogens with one attached hydrogen (secondary N) is 2. The molecule has 2 heterocycles. The van der Waals surface area contributed by atoms with Crippen LogP contribution < -0.4 is 10.6 Å². The molecule has 1 fully saturated rings. The molecule has 1 saturated heterocycles. The molecule has 1 aliphatic heterocycles. The molecule has 0 radical (unpaired) electrons. The summed E-state index contributed by atoms with van der Waals surface area (Å²) < 4.78 is 45.8. The molecule has 2 N–H and O–H groups in total. The number of halogens is 3. The lowest BCUT2D eigenvalue weighted by Gasteiger charge is -2.24. The normalized spacial score (nSPS) is 16.2. The molecule has 5 nitrogen and oxygen atoms in total. The Kier molecular flexibility index (Phi) is 6.72. The minimum atomic E-state index is -2.85. The second kappa shape index (κ2) is 9.23. The molecule has 1 aromatic heterocycles. The van der Waals surface area contributed by atoms with Gasteiger partial charge in [0.15, 0.2) is 5.82 Å². The molecule has 0 unspecified atom stereocenters. The van der Waals surface area contributed by atoms with Gasteiger partial charge in [-0.15, -0.1) is 5.10 Å². The number of aromatic nitrogens is 2. The van der Waals surface area contributed by atoms with E-state index in [1.54, 1.807) is 6.92 Å². The number of anilines is 2. The van der Waals surface area contributed by atoms with Gasteiger partial charge in [-0.25, -0.2) is 13.2 Å². The smallest absolute Gasteiger partial charge is 0.266 e. The predicted molar refractivity (Wildman–Crippen MR) is 102 cm³/mol. The molecule has 3 rings (SSSR count). The Morgan fingerprint density at radius 3 is 2.61 bits per heavy atom. The van der Waals surface area contributed by atoms with Crippen molar-refractivity contribution in [2.75, 3.05) is 30.4 Å². The lowest BCUT2D eigenvalue weighted by atomic mass is 10.0. The quantitative estimate of drug-likeness (QED) is 0.701. The first-order valence-electron chi connectivity index (χ1n) is 9.44. The van der Waals surface area contributed by atoms with Gasteiger partial charge in [0.1, 0.15) is 5.82 Å². The molecule has 0 aliphatic carbocycles. The maximum Gasteiger partial charge on any atom is 0.266 e. The van der Waals surface area contributed by atoms with Crippen molar-refractivity contribution in [1.29, 1.82) is 0 Å². The number of alkyl halides is 2. The molecule has 1 atom stereocenters. The van der Waals surface area contributed by atoms with Gasteiger partial charge in [-0.05, 0) is 38.7 Å². The van der Waals surface area contributed by atoms with Gasteiger partial charge in [-0.2, -0.15) is 5.10 Å². The van der Waals surface area contributed by atoms with Crippen LogP contribution in [0.15, 0.2) is 24.3 Å². The van der Waals surface area contributed by atoms with Gasteiger partial charge < -0.3 is 15.4 Å². The van der Waals surface area contributed by atoms with Crippen molar-refractivity contribution in [3.63, 3.8) is 0 Å². The Labute approximate surface area is 162 Å². The van der Waals surface area contributed by atoms with Crippen LogP contribution in [0.3, 0.4) is 0 Å². The first kappa shape index (κ1) is 20.4. The molecular formula is C20H25F3N4O. The second-order valence-corrected chi connectivity index (χ2v) is 7.10. The standard InChI is InChI=1S/C20H25F3N4O/c1-12-10-17(20(27-26-12)24-11-14-6-8-28-9-7-14)25-13(2)15-4-3-5-16(18(15)21)19(22)23/h3-5,10,13-14,19H,6-9,11H2,1-2H3,(H,24,27)(H,25,26)/t13-/m1/s1. The van der Waals surface area contributed by atoms with E-state index in [1.165, 1.54) is 12.1 Å². The minimum absolute atomic E-state index is 0.183. The van der Waals surface area contributed by atoms with Crippen LogP contribution in [0.4, 0.5) is 24.7 Å². The lowest BCUT2D eigenvalue weighted by Crippen LogP contribution is -2.23. The largest absolute Gasteiger partial charge is 0.381 e. The molecular weight excluding hydrogens is 369 g/mol. The third-order valence-corrected chi connectivity index (χ3v) is 4.95. The van der Waals surface area contributed by atoms with Gasteiger partial charge in [0.05, 0.1) is 23.0 Å². The predicted octanol–water partition coefficient (Wildman–Crippen LogP) is 4.87. The molecule has 0 bridgehead atoms. The fourth-order valence-electron chi connectivity index (χ4n) is 3.30. The van der Waals surface area contributed by atoms with Crippen molar-refractivity contribution >= 4 is 11.5 Å². The van der Waals surface area contributed by atoms with E-state index in [0.717, 1.165) is 38.7 Å². The fourth-order valence-corrected chi connectivity index (χ4v) is 3.30. The minimum Gasteiger partial charge on any atom is -0.381 e. The Bertz CT molecular complexity index is 797. The van der Waals surface area contributed by atoms with Crippen LogP contribution in [0.5, 0.6) is 0 Å². The van der Waals surface area contributed by atoms with Crippen LogP contribution in [0.1, 0.15) is 49.1 Å². The number of nitrogens with zero attached hydrogens (tertiary/aromatic N) is 2. The number of benzene rings is 1. The van der Waals surface area contributed by atoms with Crippen molar-refractivity contribution in [3.05, 3.63) is 46.9 Å². The second-order valence-electron chi connectivity index (χ2n) is 7.10. The molecule has 1 aromatic carbocycles. The average molecular weight is 394 g/mol. The molecule has 0 saturated carbocycles. The molecule has 8 heteroatoms. The Balaban J connectivity index is 1.76. The van der Waals surface area contributed by atoms with E-state index in [4.69, 9.17) is 4.74 Å². The Morgan fingerprint density at radius 2 is 1.89 bits per heavy atom. The summed E-state index contributed by atoms with van der Waals surface area (Å²) in [7, 11) is 0. The molecule has 152 valence electrons. The van der Waals surface area contributed by atoms with Crippen LogP contribution in [-0.4, -0.2) is 30.0 Å². The number of ether oxygens (including phenoxy) is 1. The maximum atomic E-state index is 14.5. The molecule has 0 amide bonds. The van der Waals surface area contributed by atoms with Gasteiger partial charge in [-0.1, -0.05) is 18.2 Å². The SMILES string of the molecule is Cc1cc(N[C@H](C)c2cccc(C(F)F)c2F)c(NCC2CCOCC2)nn1. The number of hydrogen-bond donors (Lipinski definition) is 2. The highest BCUT2D eigenvalue weighted by Crippen LogP contribution is 2.30. The van der Waals surface area contributed by atoms with Crippen molar-refractivity contribution < 1.29 is 17.9 Å². The highest BCUT2D eigenvalue weighted by Gasteiger charge is 2.21. The van der Waals surface area contributed by atoms with E-state index in [9.17, 15) is 13.2 Å². The Morgan fingerprint density at radius 1 is 1.18 bits per heavy atom. The summed E-state index contributed by atoms with van der Waals surface area (Å²) in [5, 5.41) is 14.8. The molecule has 28 heavy (non-hydrogen) atoms. The first-order valence-corrected chi connectivity index (χ1v) is 9.44. The van der Waals surface area contributed by atoms with Crippen LogP contribution >= 0.6 is 0 Å². The van der Waals surface area contributed by atoms with E-state index in [2.05, 4.69) is 20.8 Å². The summed E-state index contributed by atoms with van der Waals surface area (Å²) in [6.45, 7) is 5.79. The van der Waals surface area contributed by atoms with Gasteiger partial charge in [0.2, 0.25) is 0 Å². The van der Waals surface area contributed by atoms with E-state index in [0.29, 0.717) is 23.1 Å². The highest BCUT2D eigenvalue weighted by atomic mass is 19.3. The summed E-state index contributed by atoms with van der Waals surface area (Å²) in [5.74, 6) is 0.171. The first-order chi connectivity index (χ1) is 13.5. The van der Waals surface area contributed by atoms with E-state index in [1.807, 2.05) is 13.0 Å². The highest BCUT2D eigenvalue weighted by molar-refractivity contribution is 5.64. The topological polar surface area (TPSA) is 59.1 Å². The van der Waals surface area contributed by atoms with Gasteiger partial charge in [0, 0.05) is 25.3 Å². The molecule has 0 spiro atoms. The number of aryl methyl sites for hydroxylation is 1. The van der Waals surface area contributed by atoms with Gasteiger partial charge in [0.25, 0.3) is 6.43 Å². The van der Waals surface area contributed by atoms with Crippen LogP contribution in [-0.2, 0) is 4.74 Å². The third kappa shape index (κ3) is 4.92. The van der Waals surface area contributed by atoms with E-state index in [-0.39, 0.29) is 5.56 Å². The van der Waals surface area contributed by atoms with Gasteiger partial charge >= 0.3 is 0 Å². The zero-order chi connectivity index (χ0) is 20.1. The molecule has 1 aliphatic rings. The van der Waals surface area contributed by atoms with Crippen molar-refractivity contribution in [1.82, 2.24) is 10.2 Å². The van der Waals surface area contributed by atoms with Crippen molar-refractivity contribution in [2.45, 2.75) is 39.2 Å². The van der Waals surface area contributed by atoms with Crippen LogP contribution in [0.25, 0.3) is 0 Å². The average Bonchev–Trinajstić information content (AvgIpc) is 2.68.